The normalized spacial score (nSPS) is 12.4. The summed E-state index contributed by atoms with van der Waals surface area (Å²) in [4.78, 5) is 0. The Morgan fingerprint density at radius 3 is 2.53 bits per heavy atom. The third-order valence-electron chi connectivity index (χ3n) is 3.50. The maximum absolute atomic E-state index is 14.1. The van der Waals surface area contributed by atoms with Crippen LogP contribution in [0.3, 0.4) is 0 Å². The molecule has 1 nitrogen and oxygen atoms in total. The van der Waals surface area contributed by atoms with Gasteiger partial charge in [-0.05, 0) is 37.6 Å². The Bertz CT molecular complexity index is 563. The Kier molecular flexibility index (Phi) is 4.33. The molecular formula is C17H20FN. The van der Waals surface area contributed by atoms with E-state index in [1.165, 1.54) is 5.56 Å². The number of hydrogen-bond acceptors (Lipinski definition) is 1. The largest absolute Gasteiger partial charge is 0.309 e. The fourth-order valence-electron chi connectivity index (χ4n) is 2.50. The lowest BCUT2D eigenvalue weighted by molar-refractivity contribution is 0.574. The Hall–Kier alpha value is -1.67. The summed E-state index contributed by atoms with van der Waals surface area (Å²) in [5, 5.41) is 3.24. The van der Waals surface area contributed by atoms with E-state index >= 15 is 0 Å². The first kappa shape index (κ1) is 13.8. The van der Waals surface area contributed by atoms with Crippen molar-refractivity contribution in [1.82, 2.24) is 5.32 Å². The topological polar surface area (TPSA) is 12.0 Å². The lowest BCUT2D eigenvalue weighted by Crippen LogP contribution is -2.20. The molecule has 0 amide bonds. The molecule has 2 aromatic carbocycles. The minimum absolute atomic E-state index is 0.101. The number of halogens is 1. The van der Waals surface area contributed by atoms with Crippen LogP contribution in [0, 0.1) is 12.7 Å². The summed E-state index contributed by atoms with van der Waals surface area (Å²) in [5.74, 6) is -0.157. The van der Waals surface area contributed by atoms with Crippen molar-refractivity contribution in [2.45, 2.75) is 26.3 Å². The molecular weight excluding hydrogens is 237 g/mol. The average Bonchev–Trinajstić information content (AvgIpc) is 2.44. The third kappa shape index (κ3) is 2.85. The van der Waals surface area contributed by atoms with Gasteiger partial charge in [-0.3, -0.25) is 0 Å². The SMILES string of the molecule is CCc1ccccc1C(NC)c1cc(C)ccc1F. The van der Waals surface area contributed by atoms with E-state index in [-0.39, 0.29) is 11.9 Å². The van der Waals surface area contributed by atoms with E-state index in [0.29, 0.717) is 5.56 Å². The van der Waals surface area contributed by atoms with Crippen LogP contribution in [-0.2, 0) is 6.42 Å². The molecule has 0 saturated heterocycles. The molecule has 0 aliphatic rings. The van der Waals surface area contributed by atoms with Crippen molar-refractivity contribution in [3.63, 3.8) is 0 Å². The van der Waals surface area contributed by atoms with Gasteiger partial charge in [-0.15, -0.1) is 0 Å². The second kappa shape index (κ2) is 5.98. The number of aryl methyl sites for hydroxylation is 2. The van der Waals surface area contributed by atoms with E-state index in [0.717, 1.165) is 17.5 Å². The summed E-state index contributed by atoms with van der Waals surface area (Å²) >= 11 is 0. The Balaban J connectivity index is 2.53. The first-order chi connectivity index (χ1) is 9.17. The van der Waals surface area contributed by atoms with E-state index in [1.54, 1.807) is 12.1 Å². The molecule has 2 aromatic rings. The van der Waals surface area contributed by atoms with E-state index in [2.05, 4.69) is 24.4 Å². The first-order valence-corrected chi connectivity index (χ1v) is 6.68. The number of benzene rings is 2. The number of hydrogen-bond donors (Lipinski definition) is 1. The van der Waals surface area contributed by atoms with Gasteiger partial charge in [-0.1, -0.05) is 48.9 Å². The van der Waals surface area contributed by atoms with Crippen LogP contribution in [0.5, 0.6) is 0 Å². The molecule has 0 bridgehead atoms. The maximum atomic E-state index is 14.1. The van der Waals surface area contributed by atoms with Crippen LogP contribution < -0.4 is 5.32 Å². The highest BCUT2D eigenvalue weighted by Crippen LogP contribution is 2.27. The van der Waals surface area contributed by atoms with Crippen LogP contribution in [0.2, 0.25) is 0 Å². The fourth-order valence-corrected chi connectivity index (χ4v) is 2.50. The van der Waals surface area contributed by atoms with E-state index in [9.17, 15) is 4.39 Å². The highest BCUT2D eigenvalue weighted by atomic mass is 19.1. The van der Waals surface area contributed by atoms with Gasteiger partial charge in [0.15, 0.2) is 0 Å². The van der Waals surface area contributed by atoms with Crippen molar-refractivity contribution in [3.8, 4) is 0 Å². The maximum Gasteiger partial charge on any atom is 0.128 e. The molecule has 0 fully saturated rings. The van der Waals surface area contributed by atoms with Crippen LogP contribution in [0.1, 0.15) is 35.2 Å². The van der Waals surface area contributed by atoms with Crippen molar-refractivity contribution in [3.05, 3.63) is 70.5 Å². The lowest BCUT2D eigenvalue weighted by Gasteiger charge is -2.21. The number of nitrogens with one attached hydrogen (secondary N) is 1. The summed E-state index contributed by atoms with van der Waals surface area (Å²) in [5.41, 5.74) is 4.19. The molecule has 0 aliphatic carbocycles. The monoisotopic (exact) mass is 257 g/mol. The standard InChI is InChI=1S/C17H20FN/c1-4-13-7-5-6-8-14(13)17(19-3)15-11-12(2)9-10-16(15)18/h5-11,17,19H,4H2,1-3H3. The van der Waals surface area contributed by atoms with Gasteiger partial charge in [0.1, 0.15) is 5.82 Å². The van der Waals surface area contributed by atoms with Gasteiger partial charge >= 0.3 is 0 Å². The molecule has 0 saturated carbocycles. The predicted molar refractivity (Wildman–Crippen MR) is 77.9 cm³/mol. The minimum atomic E-state index is -0.157. The zero-order valence-electron chi connectivity index (χ0n) is 11.7. The molecule has 0 aliphatic heterocycles. The smallest absolute Gasteiger partial charge is 0.128 e. The second-order valence-corrected chi connectivity index (χ2v) is 4.80. The third-order valence-corrected chi connectivity index (χ3v) is 3.50. The van der Waals surface area contributed by atoms with Gasteiger partial charge in [0, 0.05) is 5.56 Å². The highest BCUT2D eigenvalue weighted by Gasteiger charge is 2.18. The van der Waals surface area contributed by atoms with Crippen LogP contribution in [0.15, 0.2) is 42.5 Å². The molecule has 2 heteroatoms. The van der Waals surface area contributed by atoms with Crippen molar-refractivity contribution in [2.75, 3.05) is 7.05 Å². The zero-order valence-corrected chi connectivity index (χ0v) is 11.7. The molecule has 1 N–H and O–H groups in total. The Morgan fingerprint density at radius 2 is 1.84 bits per heavy atom. The molecule has 1 unspecified atom stereocenters. The molecule has 2 rings (SSSR count). The molecule has 0 spiro atoms. The molecule has 19 heavy (non-hydrogen) atoms. The predicted octanol–water partition coefficient (Wildman–Crippen LogP) is 4.01. The van der Waals surface area contributed by atoms with E-state index < -0.39 is 0 Å². The lowest BCUT2D eigenvalue weighted by atomic mass is 9.92. The van der Waals surface area contributed by atoms with Crippen molar-refractivity contribution in [2.24, 2.45) is 0 Å². The van der Waals surface area contributed by atoms with Gasteiger partial charge in [0.2, 0.25) is 0 Å². The van der Waals surface area contributed by atoms with E-state index in [1.807, 2.05) is 32.2 Å². The quantitative estimate of drug-likeness (QED) is 0.872. The van der Waals surface area contributed by atoms with Crippen molar-refractivity contribution in [1.29, 1.82) is 0 Å². The molecule has 0 radical (unpaired) electrons. The number of rotatable bonds is 4. The summed E-state index contributed by atoms with van der Waals surface area (Å²) < 4.78 is 14.1. The van der Waals surface area contributed by atoms with Gasteiger partial charge in [-0.25, -0.2) is 4.39 Å². The van der Waals surface area contributed by atoms with Crippen LogP contribution in [-0.4, -0.2) is 7.05 Å². The summed E-state index contributed by atoms with van der Waals surface area (Å²) in [6, 6.07) is 13.4. The van der Waals surface area contributed by atoms with Gasteiger partial charge < -0.3 is 5.32 Å². The van der Waals surface area contributed by atoms with Crippen LogP contribution >= 0.6 is 0 Å². The van der Waals surface area contributed by atoms with E-state index in [4.69, 9.17) is 0 Å². The Labute approximate surface area is 114 Å². The summed E-state index contributed by atoms with van der Waals surface area (Å²) in [6.07, 6.45) is 0.946. The Morgan fingerprint density at radius 1 is 1.11 bits per heavy atom. The summed E-state index contributed by atoms with van der Waals surface area (Å²) in [7, 11) is 1.87. The molecule has 1 atom stereocenters. The van der Waals surface area contributed by atoms with Crippen molar-refractivity contribution < 1.29 is 4.39 Å². The molecule has 0 aromatic heterocycles. The zero-order chi connectivity index (χ0) is 13.8. The average molecular weight is 257 g/mol. The highest BCUT2D eigenvalue weighted by molar-refractivity contribution is 5.39. The fraction of sp³-hybridized carbons (Fsp3) is 0.294. The van der Waals surface area contributed by atoms with Crippen molar-refractivity contribution >= 4 is 0 Å². The summed E-state index contributed by atoms with van der Waals surface area (Å²) in [6.45, 7) is 4.11. The molecule has 0 heterocycles. The van der Waals surface area contributed by atoms with Crippen LogP contribution in [0.25, 0.3) is 0 Å². The van der Waals surface area contributed by atoms with Gasteiger partial charge in [0.05, 0.1) is 6.04 Å². The second-order valence-electron chi connectivity index (χ2n) is 4.80. The molecule has 100 valence electrons. The van der Waals surface area contributed by atoms with Crippen LogP contribution in [0.4, 0.5) is 4.39 Å². The van der Waals surface area contributed by atoms with Gasteiger partial charge in [0.25, 0.3) is 0 Å². The van der Waals surface area contributed by atoms with Gasteiger partial charge in [-0.2, -0.15) is 0 Å². The first-order valence-electron chi connectivity index (χ1n) is 6.68. The minimum Gasteiger partial charge on any atom is -0.309 e.